The molecule has 0 spiro atoms. The number of fused-ring (bicyclic) bond motifs is 1. The molecule has 0 radical (unpaired) electrons. The summed E-state index contributed by atoms with van der Waals surface area (Å²) >= 11 is 1.18. The van der Waals surface area contributed by atoms with Gasteiger partial charge in [0, 0.05) is 30.2 Å². The molecule has 0 bridgehead atoms. The summed E-state index contributed by atoms with van der Waals surface area (Å²) < 4.78 is 63.2. The molecule has 1 N–H and O–H groups in total. The highest BCUT2D eigenvalue weighted by atomic mass is 32.1. The van der Waals surface area contributed by atoms with Crippen LogP contribution in [0.1, 0.15) is 11.3 Å². The number of alkyl halides is 4. The number of rotatable bonds is 1. The average Bonchev–Trinajstić information content (AvgIpc) is 3.21. The lowest BCUT2D eigenvalue weighted by molar-refractivity contribution is -0.391. The van der Waals surface area contributed by atoms with Crippen LogP contribution in [-0.2, 0) is 0 Å². The van der Waals surface area contributed by atoms with Crippen molar-refractivity contribution in [1.82, 2.24) is 9.47 Å². The van der Waals surface area contributed by atoms with Gasteiger partial charge < -0.3 is 19.5 Å². The van der Waals surface area contributed by atoms with Gasteiger partial charge in [-0.15, -0.1) is 11.3 Å². The molecule has 1 aromatic heterocycles. The molecule has 0 saturated carbocycles. The molecule has 2 aromatic rings. The highest BCUT2D eigenvalue weighted by molar-refractivity contribution is 7.09. The molecule has 0 aliphatic carbocycles. The Hall–Kier alpha value is -2.60. The van der Waals surface area contributed by atoms with E-state index in [2.05, 4.69) is 14.5 Å². The smallest absolute Gasteiger partial charge is 0.421 e. The quantitative estimate of drug-likeness (QED) is 0.702. The van der Waals surface area contributed by atoms with Gasteiger partial charge in [0.05, 0.1) is 11.8 Å². The molecule has 1 aromatic carbocycles. The molecule has 2 aliphatic rings. The van der Waals surface area contributed by atoms with Gasteiger partial charge >= 0.3 is 18.2 Å². The number of aryl methyl sites for hydroxylation is 1. The Bertz CT molecular complexity index is 1040. The van der Waals surface area contributed by atoms with Crippen LogP contribution in [0.25, 0.3) is 5.69 Å². The minimum atomic E-state index is -4.83. The first-order valence-corrected chi connectivity index (χ1v) is 9.36. The van der Waals surface area contributed by atoms with Gasteiger partial charge in [-0.05, 0) is 25.5 Å². The number of ether oxygens (including phenoxy) is 2. The molecule has 156 valence electrons. The van der Waals surface area contributed by atoms with Crippen molar-refractivity contribution in [3.63, 3.8) is 0 Å². The summed E-state index contributed by atoms with van der Waals surface area (Å²) in [5.74, 6) is -1.09. The van der Waals surface area contributed by atoms with Crippen LogP contribution in [0.3, 0.4) is 0 Å². The number of aromatic nitrogens is 1. The van der Waals surface area contributed by atoms with Crippen molar-refractivity contribution >= 4 is 17.4 Å². The first-order chi connectivity index (χ1) is 13.6. The first kappa shape index (κ1) is 19.7. The van der Waals surface area contributed by atoms with Crippen LogP contribution in [0.2, 0.25) is 0 Å². The van der Waals surface area contributed by atoms with Crippen molar-refractivity contribution in [2.24, 2.45) is 4.99 Å². The van der Waals surface area contributed by atoms with E-state index in [1.54, 1.807) is 13.1 Å². The lowest BCUT2D eigenvalue weighted by Crippen LogP contribution is -2.52. The van der Waals surface area contributed by atoms with E-state index in [4.69, 9.17) is 0 Å². The summed E-state index contributed by atoms with van der Waals surface area (Å²) in [6, 6.07) is 3.00. The predicted octanol–water partition coefficient (Wildman–Crippen LogP) is 2.89. The van der Waals surface area contributed by atoms with E-state index in [0.717, 1.165) is 17.0 Å². The van der Waals surface area contributed by atoms with E-state index in [0.29, 0.717) is 13.0 Å². The normalized spacial score (nSPS) is 22.8. The second-order valence-corrected chi connectivity index (χ2v) is 7.86. The minimum absolute atomic E-state index is 0.181. The fraction of sp³-hybridized carbons (Fsp3) is 0.412. The Morgan fingerprint density at radius 3 is 2.59 bits per heavy atom. The number of halogens is 4. The van der Waals surface area contributed by atoms with Crippen LogP contribution in [0, 0.1) is 6.92 Å². The largest absolute Gasteiger partial charge is 0.507 e. The third-order valence-corrected chi connectivity index (χ3v) is 5.31. The van der Waals surface area contributed by atoms with Crippen molar-refractivity contribution < 1.29 is 36.9 Å². The fourth-order valence-corrected chi connectivity index (χ4v) is 3.82. The molecule has 4 rings (SSSR count). The Kier molecular flexibility index (Phi) is 4.57. The van der Waals surface area contributed by atoms with Crippen LogP contribution in [0.4, 0.5) is 22.4 Å². The highest BCUT2D eigenvalue weighted by Crippen LogP contribution is 2.47. The van der Waals surface area contributed by atoms with Gasteiger partial charge in [-0.3, -0.25) is 4.57 Å². The van der Waals surface area contributed by atoms with Gasteiger partial charge in [-0.2, -0.15) is 22.6 Å². The molecule has 1 saturated heterocycles. The zero-order valence-corrected chi connectivity index (χ0v) is 15.8. The fourth-order valence-electron chi connectivity index (χ4n) is 2.99. The van der Waals surface area contributed by atoms with Gasteiger partial charge in [-0.1, -0.05) is 0 Å². The highest BCUT2D eigenvalue weighted by Gasteiger charge is 2.65. The molecular weight excluding hydrogens is 418 g/mol. The number of hydrogen-bond acceptors (Lipinski definition) is 5. The van der Waals surface area contributed by atoms with Crippen LogP contribution in [0.15, 0.2) is 29.4 Å². The second-order valence-electron chi connectivity index (χ2n) is 6.65. The van der Waals surface area contributed by atoms with Gasteiger partial charge in [0.15, 0.2) is 16.3 Å². The number of nitrogens with zero attached hydrogens (tertiary/aromatic N) is 3. The van der Waals surface area contributed by atoms with Crippen molar-refractivity contribution in [3.8, 4) is 17.2 Å². The lowest BCUT2D eigenvalue weighted by atomic mass is 10.2. The van der Waals surface area contributed by atoms with E-state index < -0.39 is 35.9 Å². The summed E-state index contributed by atoms with van der Waals surface area (Å²) in [6.45, 7) is 2.32. The number of β-amino-alcohol motifs (C(OH)–C–C–N with tert-alkyl or cyclic N) is 1. The van der Waals surface area contributed by atoms with Crippen molar-refractivity contribution in [2.75, 3.05) is 13.1 Å². The summed E-state index contributed by atoms with van der Waals surface area (Å²) in [6.07, 6.45) is -8.13. The molecule has 2 amide bonds. The topological polar surface area (TPSA) is 76.3 Å². The van der Waals surface area contributed by atoms with Crippen LogP contribution >= 0.6 is 11.3 Å². The number of benzene rings is 1. The van der Waals surface area contributed by atoms with E-state index in [1.165, 1.54) is 26.9 Å². The molecule has 12 heteroatoms. The molecule has 1 fully saturated rings. The zero-order chi connectivity index (χ0) is 21.0. The third-order valence-electron chi connectivity index (χ3n) is 4.42. The van der Waals surface area contributed by atoms with E-state index >= 15 is 0 Å². The molecular formula is C17H15F4N3O4S. The third kappa shape index (κ3) is 3.57. The number of amides is 2. The number of aliphatic hydroxyl groups is 1. The van der Waals surface area contributed by atoms with Crippen molar-refractivity contribution in [1.29, 1.82) is 0 Å². The van der Waals surface area contributed by atoms with Crippen LogP contribution in [-0.4, -0.2) is 52.0 Å². The number of aliphatic hydroxyl groups excluding tert-OH is 1. The average molecular weight is 433 g/mol. The number of urea groups is 1. The van der Waals surface area contributed by atoms with Crippen LogP contribution < -0.4 is 14.3 Å². The molecule has 0 unspecified atom stereocenters. The second kappa shape index (κ2) is 6.73. The number of likely N-dealkylation sites (tertiary alicyclic amines) is 1. The molecule has 2 aliphatic heterocycles. The minimum Gasteiger partial charge on any atom is -0.421 e. The molecule has 29 heavy (non-hydrogen) atoms. The van der Waals surface area contributed by atoms with Crippen molar-refractivity contribution in [3.05, 3.63) is 34.1 Å². The SMILES string of the molecule is Cc1cn(-c2ccc3c(c2)OC(F)(F)C(F)(F)O3)/c(=N/C(=O)N2CC[C@H](O)C2)s1. The Morgan fingerprint density at radius 1 is 1.24 bits per heavy atom. The lowest BCUT2D eigenvalue weighted by Gasteiger charge is -2.31. The standard InChI is InChI=1S/C17H15F4N3O4S/c1-9-7-24(15(29-9)22-14(26)23-5-4-11(25)8-23)10-2-3-12-13(6-10)28-17(20,21)16(18,19)27-12/h2-3,6-7,11,25H,4-5,8H2,1H3/b22-15-/t11-/m0/s1. The summed E-state index contributed by atoms with van der Waals surface area (Å²) in [5.41, 5.74) is 0.269. The Morgan fingerprint density at radius 2 is 1.93 bits per heavy atom. The maximum absolute atomic E-state index is 13.5. The molecule has 1 atom stereocenters. The number of carbonyl (C=O) groups excluding carboxylic acids is 1. The molecule has 7 nitrogen and oxygen atoms in total. The van der Waals surface area contributed by atoms with Crippen LogP contribution in [0.5, 0.6) is 11.5 Å². The van der Waals surface area contributed by atoms with E-state index in [1.807, 2.05) is 0 Å². The van der Waals surface area contributed by atoms with Gasteiger partial charge in [0.25, 0.3) is 0 Å². The maximum atomic E-state index is 13.5. The predicted molar refractivity (Wildman–Crippen MR) is 92.7 cm³/mol. The van der Waals surface area contributed by atoms with Gasteiger partial charge in [-0.25, -0.2) is 4.79 Å². The molecule has 3 heterocycles. The summed E-state index contributed by atoms with van der Waals surface area (Å²) in [7, 11) is 0. The van der Waals surface area contributed by atoms with Gasteiger partial charge in [0.2, 0.25) is 0 Å². The Balaban J connectivity index is 1.70. The first-order valence-electron chi connectivity index (χ1n) is 8.54. The number of hydrogen-bond donors (Lipinski definition) is 1. The van der Waals surface area contributed by atoms with E-state index in [9.17, 15) is 27.5 Å². The summed E-state index contributed by atoms with van der Waals surface area (Å²) in [4.78, 5) is 18.8. The van der Waals surface area contributed by atoms with E-state index in [-0.39, 0.29) is 17.0 Å². The van der Waals surface area contributed by atoms with Crippen molar-refractivity contribution in [2.45, 2.75) is 31.7 Å². The number of thiazole rings is 1. The zero-order valence-electron chi connectivity index (χ0n) is 14.9. The number of carbonyl (C=O) groups is 1. The monoisotopic (exact) mass is 433 g/mol. The Labute approximate surface area is 165 Å². The van der Waals surface area contributed by atoms with Gasteiger partial charge in [0.1, 0.15) is 0 Å². The maximum Gasteiger partial charge on any atom is 0.507 e. The summed E-state index contributed by atoms with van der Waals surface area (Å²) in [5, 5.41) is 9.56.